The average Bonchev–Trinajstić information content (AvgIpc) is 2.14. The molecule has 1 aliphatic carbocycles. The van der Waals surface area contributed by atoms with Crippen molar-refractivity contribution < 1.29 is 9.47 Å². The van der Waals surface area contributed by atoms with Gasteiger partial charge in [0.25, 0.3) is 0 Å². The standard InChI is InChI=1S/C14H27NO2.ClH/c1-11(2)16-14(17-12(3)4)9-13(10-14)5-7-15-8-6-13;/h11-12,15H,5-10H2,1-4H3;1H. The summed E-state index contributed by atoms with van der Waals surface area (Å²) in [5, 5.41) is 3.44. The zero-order chi connectivity index (χ0) is 12.5. The van der Waals surface area contributed by atoms with Gasteiger partial charge in [-0.1, -0.05) is 0 Å². The lowest BCUT2D eigenvalue weighted by molar-refractivity contribution is -0.344. The molecule has 1 spiro atoms. The van der Waals surface area contributed by atoms with E-state index in [4.69, 9.17) is 9.47 Å². The predicted octanol–water partition coefficient (Wildman–Crippen LogP) is 3.12. The monoisotopic (exact) mass is 277 g/mol. The average molecular weight is 278 g/mol. The lowest BCUT2D eigenvalue weighted by Gasteiger charge is -2.58. The summed E-state index contributed by atoms with van der Waals surface area (Å²) in [7, 11) is 0. The van der Waals surface area contributed by atoms with Crippen molar-refractivity contribution in [3.63, 3.8) is 0 Å². The third-order valence-electron chi connectivity index (χ3n) is 3.85. The molecular weight excluding hydrogens is 250 g/mol. The number of halogens is 1. The molecule has 0 aromatic rings. The largest absolute Gasteiger partial charge is 0.347 e. The Hall–Kier alpha value is 0.170. The Kier molecular flexibility index (Phi) is 5.48. The van der Waals surface area contributed by atoms with E-state index < -0.39 is 0 Å². The molecule has 1 saturated heterocycles. The van der Waals surface area contributed by atoms with Crippen LogP contribution in [0.15, 0.2) is 0 Å². The molecule has 1 heterocycles. The predicted molar refractivity (Wildman–Crippen MR) is 76.2 cm³/mol. The van der Waals surface area contributed by atoms with Crippen LogP contribution < -0.4 is 5.32 Å². The Morgan fingerprint density at radius 3 is 1.72 bits per heavy atom. The molecule has 0 aromatic carbocycles. The highest BCUT2D eigenvalue weighted by Gasteiger charge is 2.57. The Morgan fingerprint density at radius 2 is 1.33 bits per heavy atom. The fourth-order valence-electron chi connectivity index (χ4n) is 3.46. The molecule has 1 N–H and O–H groups in total. The van der Waals surface area contributed by atoms with Gasteiger partial charge in [-0.2, -0.15) is 0 Å². The van der Waals surface area contributed by atoms with Crippen LogP contribution >= 0.6 is 12.4 Å². The summed E-state index contributed by atoms with van der Waals surface area (Å²) in [4.78, 5) is 0. The fourth-order valence-corrected chi connectivity index (χ4v) is 3.46. The van der Waals surface area contributed by atoms with Gasteiger partial charge >= 0.3 is 0 Å². The first-order valence-electron chi connectivity index (χ1n) is 7.02. The van der Waals surface area contributed by atoms with Crippen molar-refractivity contribution >= 4 is 12.4 Å². The minimum Gasteiger partial charge on any atom is -0.347 e. The fraction of sp³-hybridized carbons (Fsp3) is 1.00. The number of hydrogen-bond donors (Lipinski definition) is 1. The molecule has 2 aliphatic rings. The van der Waals surface area contributed by atoms with Gasteiger partial charge in [-0.25, -0.2) is 0 Å². The molecule has 0 radical (unpaired) electrons. The van der Waals surface area contributed by atoms with Crippen molar-refractivity contribution in [3.05, 3.63) is 0 Å². The van der Waals surface area contributed by atoms with Crippen molar-refractivity contribution in [1.82, 2.24) is 5.32 Å². The summed E-state index contributed by atoms with van der Waals surface area (Å²) >= 11 is 0. The Labute approximate surface area is 117 Å². The second-order valence-electron chi connectivity index (χ2n) is 6.35. The maximum Gasteiger partial charge on any atom is 0.170 e. The summed E-state index contributed by atoms with van der Waals surface area (Å²) in [5.74, 6) is -0.292. The van der Waals surface area contributed by atoms with Crippen LogP contribution in [-0.4, -0.2) is 31.1 Å². The molecule has 0 atom stereocenters. The number of ether oxygens (including phenoxy) is 2. The highest BCUT2D eigenvalue weighted by molar-refractivity contribution is 5.85. The van der Waals surface area contributed by atoms with Crippen LogP contribution in [0.3, 0.4) is 0 Å². The molecule has 1 aliphatic heterocycles. The van der Waals surface area contributed by atoms with Crippen molar-refractivity contribution in [1.29, 1.82) is 0 Å². The summed E-state index contributed by atoms with van der Waals surface area (Å²) in [6.45, 7) is 10.7. The van der Waals surface area contributed by atoms with Gasteiger partial charge < -0.3 is 14.8 Å². The van der Waals surface area contributed by atoms with Crippen LogP contribution in [0.2, 0.25) is 0 Å². The minimum atomic E-state index is -0.292. The van der Waals surface area contributed by atoms with Crippen molar-refractivity contribution in [3.8, 4) is 0 Å². The van der Waals surface area contributed by atoms with Crippen LogP contribution in [0.5, 0.6) is 0 Å². The molecule has 3 nitrogen and oxygen atoms in total. The van der Waals surface area contributed by atoms with Crippen LogP contribution in [0, 0.1) is 5.41 Å². The first kappa shape index (κ1) is 16.2. The highest BCUT2D eigenvalue weighted by atomic mass is 35.5. The van der Waals surface area contributed by atoms with Crippen LogP contribution in [0.4, 0.5) is 0 Å². The minimum absolute atomic E-state index is 0. The van der Waals surface area contributed by atoms with Crippen LogP contribution in [-0.2, 0) is 9.47 Å². The van der Waals surface area contributed by atoms with Crippen LogP contribution in [0.25, 0.3) is 0 Å². The SMILES string of the molecule is CC(C)OC1(OC(C)C)CC2(CCNCC2)C1.Cl. The number of nitrogens with one attached hydrogen (secondary N) is 1. The first-order chi connectivity index (χ1) is 7.95. The maximum atomic E-state index is 6.07. The third-order valence-corrected chi connectivity index (χ3v) is 3.85. The topological polar surface area (TPSA) is 30.5 Å². The van der Waals surface area contributed by atoms with Gasteiger partial charge in [0.1, 0.15) is 0 Å². The maximum absolute atomic E-state index is 6.07. The van der Waals surface area contributed by atoms with Crippen molar-refractivity contribution in [2.45, 2.75) is 71.4 Å². The lowest BCUT2D eigenvalue weighted by atomic mass is 9.59. The number of piperidine rings is 1. The second kappa shape index (κ2) is 6.08. The molecule has 1 saturated carbocycles. The summed E-state index contributed by atoms with van der Waals surface area (Å²) in [6, 6.07) is 0. The van der Waals surface area contributed by atoms with E-state index in [-0.39, 0.29) is 30.4 Å². The van der Waals surface area contributed by atoms with E-state index in [1.165, 1.54) is 12.8 Å². The van der Waals surface area contributed by atoms with E-state index in [9.17, 15) is 0 Å². The van der Waals surface area contributed by atoms with Crippen molar-refractivity contribution in [2.75, 3.05) is 13.1 Å². The zero-order valence-electron chi connectivity index (χ0n) is 12.1. The molecule has 0 aromatic heterocycles. The molecule has 0 unspecified atom stereocenters. The normalized spacial score (nSPS) is 25.0. The molecule has 0 amide bonds. The molecular formula is C14H28ClNO2. The molecule has 18 heavy (non-hydrogen) atoms. The smallest absolute Gasteiger partial charge is 0.170 e. The van der Waals surface area contributed by atoms with E-state index >= 15 is 0 Å². The first-order valence-corrected chi connectivity index (χ1v) is 7.02. The Bertz CT molecular complexity index is 243. The van der Waals surface area contributed by atoms with Gasteiger partial charge in [0.05, 0.1) is 12.2 Å². The lowest BCUT2D eigenvalue weighted by Crippen LogP contribution is -2.59. The molecule has 2 fully saturated rings. The van der Waals surface area contributed by atoms with Crippen LogP contribution in [0.1, 0.15) is 53.4 Å². The molecule has 108 valence electrons. The third kappa shape index (κ3) is 3.60. The van der Waals surface area contributed by atoms with E-state index in [1.54, 1.807) is 0 Å². The Morgan fingerprint density at radius 1 is 0.889 bits per heavy atom. The Balaban J connectivity index is 0.00000162. The van der Waals surface area contributed by atoms with Crippen molar-refractivity contribution in [2.24, 2.45) is 5.41 Å². The van der Waals surface area contributed by atoms with Gasteiger partial charge in [0, 0.05) is 12.8 Å². The van der Waals surface area contributed by atoms with E-state index in [0.717, 1.165) is 25.9 Å². The van der Waals surface area contributed by atoms with Gasteiger partial charge in [0.15, 0.2) is 5.79 Å². The number of hydrogen-bond acceptors (Lipinski definition) is 3. The highest BCUT2D eigenvalue weighted by Crippen LogP contribution is 2.56. The summed E-state index contributed by atoms with van der Waals surface area (Å²) < 4.78 is 12.1. The number of rotatable bonds is 4. The molecule has 2 rings (SSSR count). The second-order valence-corrected chi connectivity index (χ2v) is 6.35. The van der Waals surface area contributed by atoms with Gasteiger partial charge in [-0.3, -0.25) is 0 Å². The molecule has 0 bridgehead atoms. The summed E-state index contributed by atoms with van der Waals surface area (Å²) in [6.07, 6.45) is 5.20. The van der Waals surface area contributed by atoms with Gasteiger partial charge in [0.2, 0.25) is 0 Å². The summed E-state index contributed by atoms with van der Waals surface area (Å²) in [5.41, 5.74) is 0.495. The van der Waals surface area contributed by atoms with Gasteiger partial charge in [-0.05, 0) is 59.0 Å². The zero-order valence-corrected chi connectivity index (χ0v) is 12.9. The quantitative estimate of drug-likeness (QED) is 0.801. The van der Waals surface area contributed by atoms with E-state index in [0.29, 0.717) is 5.41 Å². The van der Waals surface area contributed by atoms with Gasteiger partial charge in [-0.15, -0.1) is 12.4 Å². The van der Waals surface area contributed by atoms with E-state index in [2.05, 4.69) is 33.0 Å². The van der Waals surface area contributed by atoms with E-state index in [1.807, 2.05) is 0 Å². The molecule has 4 heteroatoms.